The Kier molecular flexibility index (Phi) is 3.48. The third-order valence-electron chi connectivity index (χ3n) is 3.86. The summed E-state index contributed by atoms with van der Waals surface area (Å²) >= 11 is 0. The smallest absolute Gasteiger partial charge is 0.0703 e. The molecule has 0 saturated heterocycles. The molecule has 1 aliphatic rings. The van der Waals surface area contributed by atoms with Crippen molar-refractivity contribution in [3.63, 3.8) is 0 Å². The summed E-state index contributed by atoms with van der Waals surface area (Å²) in [5.74, 6) is 0. The average molecular weight is 234 g/mol. The quantitative estimate of drug-likeness (QED) is 0.855. The average Bonchev–Trinajstić information content (AvgIpc) is 2.26. The predicted octanol–water partition coefficient (Wildman–Crippen LogP) is 2.64. The van der Waals surface area contributed by atoms with Crippen LogP contribution in [0.25, 0.3) is 0 Å². The molecule has 0 bridgehead atoms. The van der Waals surface area contributed by atoms with Crippen LogP contribution in [0.5, 0.6) is 0 Å². The Labute approximate surface area is 103 Å². The number of hydrogen-bond acceptors (Lipinski definition) is 3. The van der Waals surface area contributed by atoms with Crippen LogP contribution >= 0.6 is 0 Å². The minimum Gasteiger partial charge on any atom is -0.389 e. The molecule has 0 amide bonds. The predicted molar refractivity (Wildman–Crippen MR) is 68.0 cm³/mol. The summed E-state index contributed by atoms with van der Waals surface area (Å²) in [4.78, 5) is 9.09. The van der Waals surface area contributed by atoms with E-state index in [1.54, 1.807) is 0 Å². The molecule has 17 heavy (non-hydrogen) atoms. The van der Waals surface area contributed by atoms with E-state index in [-0.39, 0.29) is 0 Å². The van der Waals surface area contributed by atoms with Crippen LogP contribution in [0, 0.1) is 20.8 Å². The van der Waals surface area contributed by atoms with Crippen LogP contribution in [0.3, 0.4) is 0 Å². The van der Waals surface area contributed by atoms with Gasteiger partial charge in [0.1, 0.15) is 0 Å². The van der Waals surface area contributed by atoms with Crippen LogP contribution in [0.2, 0.25) is 0 Å². The Hall–Kier alpha value is -0.960. The summed E-state index contributed by atoms with van der Waals surface area (Å²) in [6, 6.07) is 0. The number of rotatable bonds is 2. The zero-order valence-corrected chi connectivity index (χ0v) is 11.1. The molecule has 94 valence electrons. The maximum atomic E-state index is 10.5. The molecule has 0 aliphatic heterocycles. The molecular formula is C14H22N2O. The van der Waals surface area contributed by atoms with E-state index < -0.39 is 5.60 Å². The SMILES string of the molecule is Cc1nc(C)c(CC2(O)CCCCC2)nc1C. The van der Waals surface area contributed by atoms with Crippen LogP contribution in [0.4, 0.5) is 0 Å². The molecule has 3 nitrogen and oxygen atoms in total. The topological polar surface area (TPSA) is 46.0 Å². The van der Waals surface area contributed by atoms with Gasteiger partial charge in [-0.2, -0.15) is 0 Å². The zero-order chi connectivity index (χ0) is 12.5. The first-order valence-electron chi connectivity index (χ1n) is 6.53. The molecule has 1 aromatic heterocycles. The third-order valence-corrected chi connectivity index (χ3v) is 3.86. The van der Waals surface area contributed by atoms with E-state index in [4.69, 9.17) is 0 Å². The van der Waals surface area contributed by atoms with Gasteiger partial charge in [-0.05, 0) is 33.6 Å². The number of aryl methyl sites for hydroxylation is 3. The molecule has 1 heterocycles. The molecule has 0 spiro atoms. The highest BCUT2D eigenvalue weighted by Gasteiger charge is 2.30. The number of nitrogens with zero attached hydrogens (tertiary/aromatic N) is 2. The maximum absolute atomic E-state index is 10.5. The van der Waals surface area contributed by atoms with Crippen LogP contribution in [0.15, 0.2) is 0 Å². The van der Waals surface area contributed by atoms with Gasteiger partial charge in [-0.15, -0.1) is 0 Å². The Morgan fingerprint density at radius 1 is 0.941 bits per heavy atom. The third kappa shape index (κ3) is 2.83. The van der Waals surface area contributed by atoms with Gasteiger partial charge >= 0.3 is 0 Å². The number of aliphatic hydroxyl groups is 1. The van der Waals surface area contributed by atoms with Crippen molar-refractivity contribution in [2.45, 2.75) is 64.9 Å². The van der Waals surface area contributed by atoms with Gasteiger partial charge in [0.05, 0.1) is 28.4 Å². The molecule has 3 heteroatoms. The van der Waals surface area contributed by atoms with Crippen molar-refractivity contribution in [3.05, 3.63) is 22.8 Å². The highest BCUT2D eigenvalue weighted by molar-refractivity contribution is 5.19. The summed E-state index contributed by atoms with van der Waals surface area (Å²) in [5, 5.41) is 10.5. The van der Waals surface area contributed by atoms with Crippen molar-refractivity contribution >= 4 is 0 Å². The molecule has 1 aliphatic carbocycles. The van der Waals surface area contributed by atoms with Crippen molar-refractivity contribution in [1.82, 2.24) is 9.97 Å². The first kappa shape index (κ1) is 12.5. The lowest BCUT2D eigenvalue weighted by Crippen LogP contribution is -2.34. The van der Waals surface area contributed by atoms with Gasteiger partial charge in [0.2, 0.25) is 0 Å². The summed E-state index contributed by atoms with van der Waals surface area (Å²) < 4.78 is 0. The number of hydrogen-bond donors (Lipinski definition) is 1. The van der Waals surface area contributed by atoms with Gasteiger partial charge in [-0.1, -0.05) is 19.3 Å². The molecule has 1 aromatic rings. The van der Waals surface area contributed by atoms with Crippen molar-refractivity contribution in [3.8, 4) is 0 Å². The minimum atomic E-state index is -0.542. The van der Waals surface area contributed by atoms with Crippen LogP contribution < -0.4 is 0 Å². The van der Waals surface area contributed by atoms with Crippen molar-refractivity contribution in [2.75, 3.05) is 0 Å². The molecule has 0 unspecified atom stereocenters. The largest absolute Gasteiger partial charge is 0.389 e. The van der Waals surface area contributed by atoms with Gasteiger partial charge in [0, 0.05) is 6.42 Å². The van der Waals surface area contributed by atoms with E-state index in [2.05, 4.69) is 9.97 Å². The fourth-order valence-corrected chi connectivity index (χ4v) is 2.63. The molecule has 0 atom stereocenters. The van der Waals surface area contributed by atoms with E-state index in [1.807, 2.05) is 20.8 Å². The highest BCUT2D eigenvalue weighted by Crippen LogP contribution is 2.31. The molecule has 1 fully saturated rings. The molecule has 0 radical (unpaired) electrons. The first-order valence-corrected chi connectivity index (χ1v) is 6.53. The van der Waals surface area contributed by atoms with Gasteiger partial charge in [0.15, 0.2) is 0 Å². The fraction of sp³-hybridized carbons (Fsp3) is 0.714. The van der Waals surface area contributed by atoms with Crippen molar-refractivity contribution < 1.29 is 5.11 Å². The van der Waals surface area contributed by atoms with Gasteiger partial charge < -0.3 is 5.11 Å². The van der Waals surface area contributed by atoms with E-state index in [0.717, 1.165) is 48.5 Å². The Morgan fingerprint density at radius 2 is 1.53 bits per heavy atom. The van der Waals surface area contributed by atoms with E-state index >= 15 is 0 Å². The molecule has 1 saturated carbocycles. The zero-order valence-electron chi connectivity index (χ0n) is 11.1. The fourth-order valence-electron chi connectivity index (χ4n) is 2.63. The van der Waals surface area contributed by atoms with Crippen LogP contribution in [0.1, 0.15) is 54.9 Å². The Morgan fingerprint density at radius 3 is 2.18 bits per heavy atom. The Bertz CT molecular complexity index is 409. The number of aromatic nitrogens is 2. The second-order valence-corrected chi connectivity index (χ2v) is 5.39. The lowest BCUT2D eigenvalue weighted by molar-refractivity contribution is 0.00341. The van der Waals surface area contributed by atoms with Crippen molar-refractivity contribution in [1.29, 1.82) is 0 Å². The summed E-state index contributed by atoms with van der Waals surface area (Å²) in [6.45, 7) is 5.95. The second-order valence-electron chi connectivity index (χ2n) is 5.39. The maximum Gasteiger partial charge on any atom is 0.0703 e. The standard InChI is InChI=1S/C14H22N2O/c1-10-11(2)16-13(12(3)15-10)9-14(17)7-5-4-6-8-14/h17H,4-9H2,1-3H3. The van der Waals surface area contributed by atoms with E-state index in [1.165, 1.54) is 6.42 Å². The highest BCUT2D eigenvalue weighted by atomic mass is 16.3. The molecule has 0 aromatic carbocycles. The molecule has 1 N–H and O–H groups in total. The van der Waals surface area contributed by atoms with Crippen molar-refractivity contribution in [2.24, 2.45) is 0 Å². The Balaban J connectivity index is 2.20. The first-order chi connectivity index (χ1) is 8.00. The van der Waals surface area contributed by atoms with Crippen LogP contribution in [-0.2, 0) is 6.42 Å². The molecular weight excluding hydrogens is 212 g/mol. The lowest BCUT2D eigenvalue weighted by atomic mass is 9.81. The summed E-state index contributed by atoms with van der Waals surface area (Å²) in [7, 11) is 0. The van der Waals surface area contributed by atoms with Gasteiger partial charge in [-0.3, -0.25) is 9.97 Å². The normalized spacial score (nSPS) is 19.3. The van der Waals surface area contributed by atoms with E-state index in [9.17, 15) is 5.11 Å². The van der Waals surface area contributed by atoms with E-state index in [0.29, 0.717) is 6.42 Å². The molecule has 2 rings (SSSR count). The van der Waals surface area contributed by atoms with Gasteiger partial charge in [-0.25, -0.2) is 0 Å². The summed E-state index contributed by atoms with van der Waals surface area (Å²) in [6.07, 6.45) is 5.98. The summed E-state index contributed by atoms with van der Waals surface area (Å²) in [5.41, 5.74) is 3.36. The van der Waals surface area contributed by atoms with Gasteiger partial charge in [0.25, 0.3) is 0 Å². The van der Waals surface area contributed by atoms with Crippen LogP contribution in [-0.4, -0.2) is 20.7 Å². The minimum absolute atomic E-state index is 0.542. The second kappa shape index (κ2) is 4.73. The monoisotopic (exact) mass is 234 g/mol. The lowest BCUT2D eigenvalue weighted by Gasteiger charge is -2.32.